The zero-order chi connectivity index (χ0) is 19.9. The molecule has 0 radical (unpaired) electrons. The molecule has 0 heterocycles. The third-order valence-corrected chi connectivity index (χ3v) is 5.30. The van der Waals surface area contributed by atoms with E-state index in [2.05, 4.69) is 33.0 Å². The average molecular weight is 372 g/mol. The summed E-state index contributed by atoms with van der Waals surface area (Å²) < 4.78 is 0. The van der Waals surface area contributed by atoms with Crippen LogP contribution in [-0.2, 0) is 4.79 Å². The highest BCUT2D eigenvalue weighted by Gasteiger charge is 1.94. The van der Waals surface area contributed by atoms with Crippen LogP contribution in [0.15, 0.2) is 0 Å². The number of carbonyl (C=O) groups is 1. The SMILES string of the molecule is CCC(C)CC.CCCCCCCCCCCCCCCCNC(C)=O.[HH]. The van der Waals surface area contributed by atoms with E-state index in [1.165, 1.54) is 96.3 Å². The molecule has 0 aromatic heterocycles. The molecule has 26 heavy (non-hydrogen) atoms. The Morgan fingerprint density at radius 3 is 1.31 bits per heavy atom. The molecule has 0 saturated carbocycles. The Morgan fingerprint density at radius 1 is 0.692 bits per heavy atom. The molecule has 0 aliphatic carbocycles. The minimum atomic E-state index is 0. The summed E-state index contributed by atoms with van der Waals surface area (Å²) in [7, 11) is 0. The van der Waals surface area contributed by atoms with E-state index in [0.717, 1.165) is 18.9 Å². The van der Waals surface area contributed by atoms with Crippen LogP contribution in [-0.4, -0.2) is 12.5 Å². The second-order valence-corrected chi connectivity index (χ2v) is 8.00. The van der Waals surface area contributed by atoms with Gasteiger partial charge in [-0.1, -0.05) is 124 Å². The van der Waals surface area contributed by atoms with E-state index in [1.54, 1.807) is 6.92 Å². The van der Waals surface area contributed by atoms with Gasteiger partial charge in [0.05, 0.1) is 0 Å². The van der Waals surface area contributed by atoms with Crippen LogP contribution in [0.1, 0.15) is 139 Å². The molecule has 1 N–H and O–H groups in total. The third kappa shape index (κ3) is 28.3. The molecular formula is C24H53NO. The van der Waals surface area contributed by atoms with E-state index in [-0.39, 0.29) is 7.33 Å². The summed E-state index contributed by atoms with van der Waals surface area (Å²) in [6, 6.07) is 0. The van der Waals surface area contributed by atoms with Gasteiger partial charge in [-0.2, -0.15) is 0 Å². The quantitative estimate of drug-likeness (QED) is 0.256. The monoisotopic (exact) mass is 371 g/mol. The summed E-state index contributed by atoms with van der Waals surface area (Å²) >= 11 is 0. The van der Waals surface area contributed by atoms with Crippen molar-refractivity contribution in [2.24, 2.45) is 5.92 Å². The minimum Gasteiger partial charge on any atom is -0.356 e. The lowest BCUT2D eigenvalue weighted by Gasteiger charge is -2.03. The highest BCUT2D eigenvalue weighted by Crippen LogP contribution is 2.12. The number of hydrogen-bond donors (Lipinski definition) is 1. The fraction of sp³-hybridized carbons (Fsp3) is 0.958. The molecule has 160 valence electrons. The second-order valence-electron chi connectivity index (χ2n) is 8.00. The summed E-state index contributed by atoms with van der Waals surface area (Å²) in [6.07, 6.45) is 22.0. The van der Waals surface area contributed by atoms with Crippen LogP contribution in [0.3, 0.4) is 0 Å². The molecule has 2 nitrogen and oxygen atoms in total. The standard InChI is InChI=1S/C18H37NO.C6H14.H2/c1-3-4-5-6-7-8-9-10-11-12-13-14-15-16-17-19-18(2)20;1-4-6(3)5-2;/h3-17H2,1-2H3,(H,19,20);6H,4-5H2,1-3H3;1H. The summed E-state index contributed by atoms with van der Waals surface area (Å²) in [5, 5.41) is 2.85. The smallest absolute Gasteiger partial charge is 0.216 e. The maximum absolute atomic E-state index is 10.7. The lowest BCUT2D eigenvalue weighted by atomic mass is 10.0. The molecule has 0 atom stereocenters. The predicted octanol–water partition coefficient (Wildman–Crippen LogP) is 8.29. The second kappa shape index (κ2) is 24.5. The van der Waals surface area contributed by atoms with Gasteiger partial charge in [-0.05, 0) is 12.3 Å². The predicted molar refractivity (Wildman–Crippen MR) is 121 cm³/mol. The van der Waals surface area contributed by atoms with Crippen LogP contribution >= 0.6 is 0 Å². The Hall–Kier alpha value is -0.530. The van der Waals surface area contributed by atoms with Gasteiger partial charge in [0, 0.05) is 14.9 Å². The molecule has 0 unspecified atom stereocenters. The van der Waals surface area contributed by atoms with E-state index in [4.69, 9.17) is 0 Å². The summed E-state index contributed by atoms with van der Waals surface area (Å²) in [5.74, 6) is 1.03. The van der Waals surface area contributed by atoms with Crippen molar-refractivity contribution >= 4 is 5.91 Å². The van der Waals surface area contributed by atoms with Crippen molar-refractivity contribution in [3.63, 3.8) is 0 Å². The van der Waals surface area contributed by atoms with E-state index in [0.29, 0.717) is 0 Å². The van der Waals surface area contributed by atoms with E-state index >= 15 is 0 Å². The van der Waals surface area contributed by atoms with Gasteiger partial charge in [-0.3, -0.25) is 4.79 Å². The Balaban J connectivity index is -0.000000709. The first kappa shape index (κ1) is 27.7. The van der Waals surface area contributed by atoms with Gasteiger partial charge in [0.2, 0.25) is 5.91 Å². The van der Waals surface area contributed by atoms with Crippen molar-refractivity contribution in [1.29, 1.82) is 0 Å². The lowest BCUT2D eigenvalue weighted by Crippen LogP contribution is -2.20. The number of nitrogens with one attached hydrogen (secondary N) is 1. The zero-order valence-electron chi connectivity index (χ0n) is 19.0. The molecule has 0 spiro atoms. The zero-order valence-corrected chi connectivity index (χ0v) is 19.0. The fourth-order valence-corrected chi connectivity index (χ4v) is 2.87. The van der Waals surface area contributed by atoms with Gasteiger partial charge in [0.1, 0.15) is 0 Å². The topological polar surface area (TPSA) is 29.1 Å². The van der Waals surface area contributed by atoms with Gasteiger partial charge < -0.3 is 5.32 Å². The van der Waals surface area contributed by atoms with Crippen LogP contribution in [0.5, 0.6) is 0 Å². The van der Waals surface area contributed by atoms with Gasteiger partial charge in [-0.15, -0.1) is 0 Å². The van der Waals surface area contributed by atoms with E-state index < -0.39 is 0 Å². The molecule has 0 aliphatic heterocycles. The Labute approximate surface area is 167 Å². The minimum absolute atomic E-state index is 0. The first-order chi connectivity index (χ1) is 12.6. The summed E-state index contributed by atoms with van der Waals surface area (Å²) in [6.45, 7) is 11.5. The Kier molecular flexibility index (Phi) is 26.1. The lowest BCUT2D eigenvalue weighted by molar-refractivity contribution is -0.118. The number of carbonyl (C=O) groups excluding carboxylic acids is 1. The van der Waals surface area contributed by atoms with Crippen molar-refractivity contribution in [2.75, 3.05) is 6.54 Å². The molecule has 0 rings (SSSR count). The van der Waals surface area contributed by atoms with Gasteiger partial charge in [0.15, 0.2) is 0 Å². The first-order valence-corrected chi connectivity index (χ1v) is 11.8. The van der Waals surface area contributed by atoms with Crippen LogP contribution in [0.2, 0.25) is 0 Å². The molecule has 0 saturated heterocycles. The van der Waals surface area contributed by atoms with Gasteiger partial charge >= 0.3 is 0 Å². The van der Waals surface area contributed by atoms with Crippen LogP contribution in [0, 0.1) is 5.92 Å². The fourth-order valence-electron chi connectivity index (χ4n) is 2.87. The molecule has 2 heteroatoms. The third-order valence-electron chi connectivity index (χ3n) is 5.30. The van der Waals surface area contributed by atoms with Crippen molar-refractivity contribution in [2.45, 2.75) is 137 Å². The van der Waals surface area contributed by atoms with Crippen LogP contribution < -0.4 is 5.32 Å². The molecule has 0 aromatic carbocycles. The molecule has 0 aromatic rings. The van der Waals surface area contributed by atoms with Gasteiger partial charge in [0.25, 0.3) is 0 Å². The number of hydrogen-bond acceptors (Lipinski definition) is 1. The largest absolute Gasteiger partial charge is 0.356 e. The van der Waals surface area contributed by atoms with Gasteiger partial charge in [-0.25, -0.2) is 0 Å². The highest BCUT2D eigenvalue weighted by atomic mass is 16.1. The van der Waals surface area contributed by atoms with Crippen molar-refractivity contribution in [3.8, 4) is 0 Å². The van der Waals surface area contributed by atoms with Crippen molar-refractivity contribution < 1.29 is 6.22 Å². The first-order valence-electron chi connectivity index (χ1n) is 11.8. The summed E-state index contributed by atoms with van der Waals surface area (Å²) in [5.41, 5.74) is 0. The van der Waals surface area contributed by atoms with Crippen LogP contribution in [0.4, 0.5) is 0 Å². The molecule has 0 aliphatic rings. The molecular weight excluding hydrogens is 318 g/mol. The Morgan fingerprint density at radius 2 is 1.04 bits per heavy atom. The number of unbranched alkanes of at least 4 members (excludes halogenated alkanes) is 13. The van der Waals surface area contributed by atoms with Crippen LogP contribution in [0.25, 0.3) is 0 Å². The maximum atomic E-state index is 10.7. The average Bonchev–Trinajstić information content (AvgIpc) is 2.64. The maximum Gasteiger partial charge on any atom is 0.216 e. The highest BCUT2D eigenvalue weighted by molar-refractivity contribution is 5.72. The molecule has 1 amide bonds. The summed E-state index contributed by atoms with van der Waals surface area (Å²) in [4.78, 5) is 10.7. The molecule has 0 bridgehead atoms. The van der Waals surface area contributed by atoms with E-state index in [9.17, 15) is 4.79 Å². The molecule has 0 fully saturated rings. The van der Waals surface area contributed by atoms with Crippen molar-refractivity contribution in [1.82, 2.24) is 5.32 Å². The van der Waals surface area contributed by atoms with Crippen molar-refractivity contribution in [3.05, 3.63) is 0 Å². The normalized spacial score (nSPS) is 10.5. The van der Waals surface area contributed by atoms with E-state index in [1.807, 2.05) is 0 Å². The Bertz CT molecular complexity index is 267. The number of rotatable bonds is 17. The number of amides is 1.